The Morgan fingerprint density at radius 3 is 2.20 bits per heavy atom. The summed E-state index contributed by atoms with van der Waals surface area (Å²) in [5.41, 5.74) is 0. The van der Waals surface area contributed by atoms with Gasteiger partial charge in [-0.3, -0.25) is 0 Å². The van der Waals surface area contributed by atoms with Crippen LogP contribution in [0, 0.1) is 5.92 Å². The van der Waals surface area contributed by atoms with Gasteiger partial charge in [0.2, 0.25) is 0 Å². The molecule has 1 saturated heterocycles. The Morgan fingerprint density at radius 2 is 1.70 bits per heavy atom. The summed E-state index contributed by atoms with van der Waals surface area (Å²) in [4.78, 5) is 2.59. The molecule has 1 atom stereocenters. The highest BCUT2D eigenvalue weighted by atomic mass is 16.7. The van der Waals surface area contributed by atoms with Gasteiger partial charge >= 0.3 is 0 Å². The second kappa shape index (κ2) is 10.6. The summed E-state index contributed by atoms with van der Waals surface area (Å²) in [5.74, 6) is 0.784. The Balaban J connectivity index is 2.23. The average molecular weight is 286 g/mol. The number of nitrogens with zero attached hydrogens (tertiary/aromatic N) is 1. The Labute approximate surface area is 125 Å². The minimum atomic E-state index is -0.104. The Morgan fingerprint density at radius 1 is 1.10 bits per heavy atom. The van der Waals surface area contributed by atoms with E-state index in [1.807, 2.05) is 13.8 Å². The third kappa shape index (κ3) is 6.53. The van der Waals surface area contributed by atoms with E-state index in [4.69, 9.17) is 9.47 Å². The van der Waals surface area contributed by atoms with Crippen LogP contribution in [0.4, 0.5) is 0 Å². The first-order valence-corrected chi connectivity index (χ1v) is 8.40. The van der Waals surface area contributed by atoms with E-state index in [0.717, 1.165) is 12.5 Å². The lowest BCUT2D eigenvalue weighted by Gasteiger charge is -2.35. The van der Waals surface area contributed by atoms with E-state index in [1.54, 1.807) is 0 Å². The van der Waals surface area contributed by atoms with E-state index in [2.05, 4.69) is 24.1 Å². The first kappa shape index (κ1) is 17.9. The maximum absolute atomic E-state index is 5.58. The van der Waals surface area contributed by atoms with Crippen LogP contribution in [0.3, 0.4) is 0 Å². The third-order valence-corrected chi connectivity index (χ3v) is 4.19. The van der Waals surface area contributed by atoms with Gasteiger partial charge in [0.15, 0.2) is 6.29 Å². The van der Waals surface area contributed by atoms with E-state index in [0.29, 0.717) is 19.3 Å². The van der Waals surface area contributed by atoms with Gasteiger partial charge in [0.25, 0.3) is 0 Å². The smallest absolute Gasteiger partial charge is 0.169 e. The summed E-state index contributed by atoms with van der Waals surface area (Å²) in [5, 5.41) is 3.60. The highest BCUT2D eigenvalue weighted by Gasteiger charge is 2.23. The van der Waals surface area contributed by atoms with Gasteiger partial charge in [0.1, 0.15) is 0 Å². The number of piperidine rings is 1. The molecule has 0 aliphatic carbocycles. The van der Waals surface area contributed by atoms with Crippen LogP contribution >= 0.6 is 0 Å². The molecule has 0 saturated carbocycles. The number of rotatable bonds is 10. The van der Waals surface area contributed by atoms with E-state index in [9.17, 15) is 0 Å². The van der Waals surface area contributed by atoms with Crippen LogP contribution < -0.4 is 5.32 Å². The second-order valence-electron chi connectivity index (χ2n) is 5.72. The fourth-order valence-electron chi connectivity index (χ4n) is 2.98. The molecule has 1 unspecified atom stereocenters. The van der Waals surface area contributed by atoms with Crippen LogP contribution in [0.25, 0.3) is 0 Å². The quantitative estimate of drug-likeness (QED) is 0.626. The first-order chi connectivity index (χ1) is 9.71. The van der Waals surface area contributed by atoms with Gasteiger partial charge in [0, 0.05) is 25.8 Å². The molecule has 4 heteroatoms. The van der Waals surface area contributed by atoms with Crippen molar-refractivity contribution in [3.05, 3.63) is 0 Å². The zero-order chi connectivity index (χ0) is 14.8. The second-order valence-corrected chi connectivity index (χ2v) is 5.72. The Bertz CT molecular complexity index is 225. The number of ether oxygens (including phenoxy) is 2. The molecule has 0 aromatic heterocycles. The highest BCUT2D eigenvalue weighted by Crippen LogP contribution is 2.20. The van der Waals surface area contributed by atoms with Gasteiger partial charge in [-0.1, -0.05) is 6.92 Å². The monoisotopic (exact) mass is 286 g/mol. The molecule has 1 aliphatic rings. The summed E-state index contributed by atoms with van der Waals surface area (Å²) in [6.45, 7) is 14.6. The predicted molar refractivity (Wildman–Crippen MR) is 84.0 cm³/mol. The van der Waals surface area contributed by atoms with Gasteiger partial charge in [-0.05, 0) is 65.6 Å². The molecule has 0 radical (unpaired) electrons. The van der Waals surface area contributed by atoms with Gasteiger partial charge in [-0.15, -0.1) is 0 Å². The van der Waals surface area contributed by atoms with Crippen molar-refractivity contribution in [2.24, 2.45) is 5.92 Å². The van der Waals surface area contributed by atoms with Crippen molar-refractivity contribution in [2.75, 3.05) is 39.4 Å². The first-order valence-electron chi connectivity index (χ1n) is 8.40. The van der Waals surface area contributed by atoms with Crippen LogP contribution in [0.2, 0.25) is 0 Å². The van der Waals surface area contributed by atoms with E-state index < -0.39 is 0 Å². The van der Waals surface area contributed by atoms with Crippen molar-refractivity contribution in [3.63, 3.8) is 0 Å². The summed E-state index contributed by atoms with van der Waals surface area (Å²) >= 11 is 0. The zero-order valence-electron chi connectivity index (χ0n) is 13.9. The lowest BCUT2D eigenvalue weighted by molar-refractivity contribution is -0.134. The molecule has 0 bridgehead atoms. The largest absolute Gasteiger partial charge is 0.352 e. The maximum atomic E-state index is 5.58. The standard InChI is InChI=1S/C16H34N2O2/c1-5-10-18-11-8-15(9-12-18)14(4)17-13-16(19-6-2)20-7-3/h14-17H,5-13H2,1-4H3. The average Bonchev–Trinajstić information content (AvgIpc) is 2.46. The molecular weight excluding hydrogens is 252 g/mol. The molecule has 0 amide bonds. The Kier molecular flexibility index (Phi) is 9.44. The molecule has 0 spiro atoms. The molecule has 4 nitrogen and oxygen atoms in total. The van der Waals surface area contributed by atoms with Crippen molar-refractivity contribution in [2.45, 2.75) is 59.3 Å². The van der Waals surface area contributed by atoms with E-state index >= 15 is 0 Å². The topological polar surface area (TPSA) is 33.7 Å². The van der Waals surface area contributed by atoms with E-state index in [-0.39, 0.29) is 6.29 Å². The molecule has 1 N–H and O–H groups in total. The van der Waals surface area contributed by atoms with Crippen LogP contribution in [0.1, 0.15) is 47.0 Å². The van der Waals surface area contributed by atoms with Crippen molar-refractivity contribution < 1.29 is 9.47 Å². The minimum Gasteiger partial charge on any atom is -0.352 e. The molecule has 1 aliphatic heterocycles. The third-order valence-electron chi connectivity index (χ3n) is 4.19. The molecular formula is C16H34N2O2. The molecule has 0 aromatic rings. The number of hydrogen-bond acceptors (Lipinski definition) is 4. The number of likely N-dealkylation sites (tertiary alicyclic amines) is 1. The van der Waals surface area contributed by atoms with Crippen molar-refractivity contribution >= 4 is 0 Å². The fraction of sp³-hybridized carbons (Fsp3) is 1.00. The summed E-state index contributed by atoms with van der Waals surface area (Å²) < 4.78 is 11.2. The summed E-state index contributed by atoms with van der Waals surface area (Å²) in [6.07, 6.45) is 3.78. The molecule has 1 rings (SSSR count). The van der Waals surface area contributed by atoms with Crippen molar-refractivity contribution in [1.82, 2.24) is 10.2 Å². The SMILES string of the molecule is CCCN1CCC(C(C)NCC(OCC)OCC)CC1. The summed E-state index contributed by atoms with van der Waals surface area (Å²) in [7, 11) is 0. The molecule has 0 aromatic carbocycles. The van der Waals surface area contributed by atoms with Crippen molar-refractivity contribution in [3.8, 4) is 0 Å². The molecule has 20 heavy (non-hydrogen) atoms. The molecule has 1 fully saturated rings. The normalized spacial score (nSPS) is 19.6. The molecule has 120 valence electrons. The maximum Gasteiger partial charge on any atom is 0.169 e. The zero-order valence-corrected chi connectivity index (χ0v) is 13.9. The van der Waals surface area contributed by atoms with Crippen LogP contribution in [0.5, 0.6) is 0 Å². The van der Waals surface area contributed by atoms with Gasteiger partial charge < -0.3 is 19.7 Å². The highest BCUT2D eigenvalue weighted by molar-refractivity contribution is 4.79. The van der Waals surface area contributed by atoms with Gasteiger partial charge in [-0.25, -0.2) is 0 Å². The lowest BCUT2D eigenvalue weighted by Crippen LogP contribution is -2.44. The summed E-state index contributed by atoms with van der Waals surface area (Å²) in [6, 6.07) is 0.544. The van der Waals surface area contributed by atoms with Crippen LogP contribution in [0.15, 0.2) is 0 Å². The Hall–Kier alpha value is -0.160. The molecule has 1 heterocycles. The lowest BCUT2D eigenvalue weighted by atomic mass is 9.90. The van der Waals surface area contributed by atoms with Crippen molar-refractivity contribution in [1.29, 1.82) is 0 Å². The fourth-order valence-corrected chi connectivity index (χ4v) is 2.98. The van der Waals surface area contributed by atoms with E-state index in [1.165, 1.54) is 38.9 Å². The van der Waals surface area contributed by atoms with Crippen LogP contribution in [-0.2, 0) is 9.47 Å². The van der Waals surface area contributed by atoms with Gasteiger partial charge in [-0.2, -0.15) is 0 Å². The van der Waals surface area contributed by atoms with Crippen LogP contribution in [-0.4, -0.2) is 56.6 Å². The number of nitrogens with one attached hydrogen (secondary N) is 1. The van der Waals surface area contributed by atoms with Gasteiger partial charge in [0.05, 0.1) is 0 Å². The number of hydrogen-bond donors (Lipinski definition) is 1. The predicted octanol–water partition coefficient (Wildman–Crippen LogP) is 2.49. The minimum absolute atomic E-state index is 0.104.